The smallest absolute Gasteiger partial charge is 0.295 e. The minimum absolute atomic E-state index is 0.00391. The van der Waals surface area contributed by atoms with Gasteiger partial charge in [-0.05, 0) is 73.9 Å². The summed E-state index contributed by atoms with van der Waals surface area (Å²) in [4.78, 5) is 27.6. The molecule has 1 unspecified atom stereocenters. The molecule has 3 aromatic rings. The summed E-state index contributed by atoms with van der Waals surface area (Å²) < 4.78 is 16.8. The zero-order valence-corrected chi connectivity index (χ0v) is 22.1. The van der Waals surface area contributed by atoms with Crippen molar-refractivity contribution in [3.8, 4) is 11.5 Å². The molecule has 1 aliphatic heterocycles. The lowest BCUT2D eigenvalue weighted by molar-refractivity contribution is -0.140. The van der Waals surface area contributed by atoms with E-state index in [-0.39, 0.29) is 30.6 Å². The molecule has 198 valence electrons. The van der Waals surface area contributed by atoms with Gasteiger partial charge in [0.05, 0.1) is 24.3 Å². The van der Waals surface area contributed by atoms with Crippen molar-refractivity contribution in [2.75, 3.05) is 20.3 Å². The summed E-state index contributed by atoms with van der Waals surface area (Å²) in [5.74, 6) is -0.329. The Labute approximate surface area is 223 Å². The number of aliphatic hydroxyl groups excluding tert-OH is 1. The van der Waals surface area contributed by atoms with Crippen LogP contribution in [-0.4, -0.2) is 48.1 Å². The fourth-order valence-electron chi connectivity index (χ4n) is 4.45. The molecular weight excluding hydrogens is 482 g/mol. The number of rotatable bonds is 10. The lowest BCUT2D eigenvalue weighted by Gasteiger charge is -2.25. The van der Waals surface area contributed by atoms with Crippen LogP contribution in [0.5, 0.6) is 11.5 Å². The van der Waals surface area contributed by atoms with E-state index >= 15 is 0 Å². The van der Waals surface area contributed by atoms with Gasteiger partial charge in [0.25, 0.3) is 11.7 Å². The number of aliphatic hydroxyl groups is 1. The van der Waals surface area contributed by atoms with E-state index in [2.05, 4.69) is 0 Å². The minimum atomic E-state index is -0.762. The van der Waals surface area contributed by atoms with E-state index in [1.807, 2.05) is 69.3 Å². The second kappa shape index (κ2) is 12.0. The summed E-state index contributed by atoms with van der Waals surface area (Å²) in [7, 11) is 1.53. The molecular formula is C31H33NO6. The molecule has 7 heteroatoms. The molecule has 0 radical (unpaired) electrons. The van der Waals surface area contributed by atoms with Crippen LogP contribution in [0.2, 0.25) is 0 Å². The highest BCUT2D eigenvalue weighted by atomic mass is 16.5. The second-order valence-corrected chi connectivity index (χ2v) is 9.46. The van der Waals surface area contributed by atoms with E-state index in [0.29, 0.717) is 29.2 Å². The van der Waals surface area contributed by atoms with Crippen LogP contribution in [0.3, 0.4) is 0 Å². The Balaban J connectivity index is 1.65. The maximum Gasteiger partial charge on any atom is 0.295 e. The number of likely N-dealkylation sites (tertiary alicyclic amines) is 1. The van der Waals surface area contributed by atoms with Crippen LogP contribution < -0.4 is 9.47 Å². The molecule has 7 nitrogen and oxygen atoms in total. The van der Waals surface area contributed by atoms with E-state index in [1.165, 1.54) is 12.0 Å². The van der Waals surface area contributed by atoms with Crippen molar-refractivity contribution < 1.29 is 28.9 Å². The molecule has 1 heterocycles. The number of ketones is 1. The van der Waals surface area contributed by atoms with Crippen molar-refractivity contribution in [3.63, 3.8) is 0 Å². The third kappa shape index (κ3) is 5.89. The molecule has 0 aliphatic carbocycles. The van der Waals surface area contributed by atoms with Crippen LogP contribution in [0.25, 0.3) is 5.76 Å². The summed E-state index contributed by atoms with van der Waals surface area (Å²) in [5, 5.41) is 11.2. The van der Waals surface area contributed by atoms with Crippen LogP contribution in [0.1, 0.15) is 42.1 Å². The highest BCUT2D eigenvalue weighted by molar-refractivity contribution is 6.46. The van der Waals surface area contributed by atoms with Crippen molar-refractivity contribution in [1.29, 1.82) is 0 Å². The molecule has 0 spiro atoms. The third-order valence-electron chi connectivity index (χ3n) is 6.43. The maximum absolute atomic E-state index is 13.1. The molecule has 4 rings (SSSR count). The number of hydrogen-bond acceptors (Lipinski definition) is 6. The SMILES string of the molecule is COCCN1C(=O)C(=O)/C(=C(\O)c2ccc(OC(C)C)cc2)C1c1ccc(OCc2ccccc2C)cc1. The van der Waals surface area contributed by atoms with Gasteiger partial charge in [0.15, 0.2) is 0 Å². The van der Waals surface area contributed by atoms with Gasteiger partial charge in [0.1, 0.15) is 23.9 Å². The number of carbonyl (C=O) groups is 2. The first-order valence-corrected chi connectivity index (χ1v) is 12.6. The lowest BCUT2D eigenvalue weighted by atomic mass is 9.95. The highest BCUT2D eigenvalue weighted by Crippen LogP contribution is 2.40. The summed E-state index contributed by atoms with van der Waals surface area (Å²) in [6.45, 7) is 6.77. The number of nitrogens with zero attached hydrogens (tertiary/aromatic N) is 1. The van der Waals surface area contributed by atoms with E-state index in [1.54, 1.807) is 24.3 Å². The third-order valence-corrected chi connectivity index (χ3v) is 6.43. The molecule has 0 saturated carbocycles. The fourth-order valence-corrected chi connectivity index (χ4v) is 4.45. The van der Waals surface area contributed by atoms with Gasteiger partial charge < -0.3 is 24.2 Å². The molecule has 3 aromatic carbocycles. The number of carbonyl (C=O) groups excluding carboxylic acids is 2. The van der Waals surface area contributed by atoms with Gasteiger partial charge in [0, 0.05) is 19.2 Å². The van der Waals surface area contributed by atoms with E-state index < -0.39 is 17.7 Å². The predicted molar refractivity (Wildman–Crippen MR) is 145 cm³/mol. The van der Waals surface area contributed by atoms with E-state index in [0.717, 1.165) is 11.1 Å². The lowest BCUT2D eigenvalue weighted by Crippen LogP contribution is -2.32. The van der Waals surface area contributed by atoms with Crippen LogP contribution in [-0.2, 0) is 20.9 Å². The van der Waals surface area contributed by atoms with Gasteiger partial charge in [-0.25, -0.2) is 0 Å². The van der Waals surface area contributed by atoms with Gasteiger partial charge in [-0.3, -0.25) is 9.59 Å². The largest absolute Gasteiger partial charge is 0.507 e. The first-order chi connectivity index (χ1) is 18.3. The van der Waals surface area contributed by atoms with Crippen LogP contribution in [0.4, 0.5) is 0 Å². The van der Waals surface area contributed by atoms with Crippen molar-refractivity contribution in [2.24, 2.45) is 0 Å². The molecule has 1 saturated heterocycles. The monoisotopic (exact) mass is 515 g/mol. The summed E-state index contributed by atoms with van der Waals surface area (Å²) in [6, 6.07) is 21.3. The van der Waals surface area contributed by atoms with Gasteiger partial charge in [-0.1, -0.05) is 36.4 Å². The Bertz CT molecular complexity index is 1310. The number of Topliss-reactive ketones (excluding diaryl/α,β-unsaturated/α-hetero) is 1. The number of ether oxygens (including phenoxy) is 3. The maximum atomic E-state index is 13.1. The standard InChI is InChI=1S/C31H33NO6/c1-20(2)38-26-15-11-23(12-16-26)29(33)27-28(32(17-18-36-4)31(35)30(27)34)22-9-13-25(14-10-22)37-19-24-8-6-5-7-21(24)3/h5-16,20,28,33H,17-19H2,1-4H3/b29-27-. The second-order valence-electron chi connectivity index (χ2n) is 9.46. The molecule has 1 amide bonds. The van der Waals surface area contributed by atoms with Crippen LogP contribution in [0.15, 0.2) is 78.4 Å². The fraction of sp³-hybridized carbons (Fsp3) is 0.290. The number of amides is 1. The summed E-state index contributed by atoms with van der Waals surface area (Å²) >= 11 is 0. The molecule has 0 aromatic heterocycles. The van der Waals surface area contributed by atoms with Gasteiger partial charge >= 0.3 is 0 Å². The van der Waals surface area contributed by atoms with Crippen molar-refractivity contribution in [1.82, 2.24) is 4.90 Å². The Morgan fingerprint density at radius 1 is 0.947 bits per heavy atom. The van der Waals surface area contributed by atoms with E-state index in [4.69, 9.17) is 14.2 Å². The number of benzene rings is 3. The first-order valence-electron chi connectivity index (χ1n) is 12.6. The molecule has 1 N–H and O–H groups in total. The van der Waals surface area contributed by atoms with Crippen molar-refractivity contribution in [2.45, 2.75) is 39.5 Å². The first kappa shape index (κ1) is 26.9. The Morgan fingerprint density at radius 2 is 1.61 bits per heavy atom. The average molecular weight is 516 g/mol. The Kier molecular flexibility index (Phi) is 8.48. The predicted octanol–water partition coefficient (Wildman–Crippen LogP) is 5.43. The van der Waals surface area contributed by atoms with E-state index in [9.17, 15) is 14.7 Å². The normalized spacial score (nSPS) is 16.8. The molecule has 1 fully saturated rings. The molecule has 0 bridgehead atoms. The average Bonchev–Trinajstić information content (AvgIpc) is 3.16. The quantitative estimate of drug-likeness (QED) is 0.220. The Hall–Kier alpha value is -4.10. The topological polar surface area (TPSA) is 85.3 Å². The van der Waals surface area contributed by atoms with Gasteiger partial charge in [0.2, 0.25) is 0 Å². The molecule has 1 aliphatic rings. The Morgan fingerprint density at radius 3 is 2.24 bits per heavy atom. The summed E-state index contributed by atoms with van der Waals surface area (Å²) in [6.07, 6.45) is 0.00391. The number of methoxy groups -OCH3 is 1. The minimum Gasteiger partial charge on any atom is -0.507 e. The van der Waals surface area contributed by atoms with Crippen LogP contribution >= 0.6 is 0 Å². The van der Waals surface area contributed by atoms with Crippen molar-refractivity contribution in [3.05, 3.63) is 101 Å². The van der Waals surface area contributed by atoms with Crippen LogP contribution in [0, 0.1) is 6.92 Å². The number of hydrogen-bond donors (Lipinski definition) is 1. The molecule has 38 heavy (non-hydrogen) atoms. The number of aryl methyl sites for hydroxylation is 1. The van der Waals surface area contributed by atoms with Gasteiger partial charge in [-0.2, -0.15) is 0 Å². The zero-order valence-electron chi connectivity index (χ0n) is 22.1. The zero-order chi connectivity index (χ0) is 27.2. The summed E-state index contributed by atoms with van der Waals surface area (Å²) in [5.41, 5.74) is 3.39. The highest BCUT2D eigenvalue weighted by Gasteiger charge is 2.45. The van der Waals surface area contributed by atoms with Crippen molar-refractivity contribution >= 4 is 17.4 Å². The van der Waals surface area contributed by atoms with Gasteiger partial charge in [-0.15, -0.1) is 0 Å². The molecule has 1 atom stereocenters.